The molecule has 0 fully saturated rings. The number of carbonyl (C=O) groups is 1. The number of hydrogen-bond acceptors (Lipinski definition) is 7. The smallest absolute Gasteiger partial charge is 0.336 e. The van der Waals surface area contributed by atoms with Crippen LogP contribution < -0.4 is 9.47 Å². The average molecular weight is 356 g/mol. The van der Waals surface area contributed by atoms with E-state index in [1.807, 2.05) is 24.3 Å². The van der Waals surface area contributed by atoms with Crippen molar-refractivity contribution >= 4 is 39.3 Å². The molecule has 25 heavy (non-hydrogen) atoms. The van der Waals surface area contributed by atoms with E-state index in [4.69, 9.17) is 9.47 Å². The van der Waals surface area contributed by atoms with E-state index in [2.05, 4.69) is 4.98 Å². The molecule has 3 rings (SSSR count). The Morgan fingerprint density at radius 3 is 2.80 bits per heavy atom. The number of benzene rings is 2. The van der Waals surface area contributed by atoms with Gasteiger partial charge < -0.3 is 9.47 Å². The van der Waals surface area contributed by atoms with E-state index < -0.39 is 10.9 Å². The van der Waals surface area contributed by atoms with Crippen molar-refractivity contribution in [3.63, 3.8) is 0 Å². The topological polar surface area (TPSA) is 91.6 Å². The highest BCUT2D eigenvalue weighted by molar-refractivity contribution is 7.19. The number of carbonyl (C=O) groups excluding carboxylic acids is 1. The maximum atomic E-state index is 11.9. The van der Waals surface area contributed by atoms with Crippen LogP contribution in [0.3, 0.4) is 0 Å². The van der Waals surface area contributed by atoms with E-state index in [1.165, 1.54) is 48.8 Å². The lowest BCUT2D eigenvalue weighted by molar-refractivity contribution is -0.385. The highest BCUT2D eigenvalue weighted by Crippen LogP contribution is 2.31. The van der Waals surface area contributed by atoms with Gasteiger partial charge in [-0.1, -0.05) is 12.1 Å². The molecule has 0 saturated heterocycles. The third-order valence-corrected chi connectivity index (χ3v) is 4.25. The monoisotopic (exact) mass is 356 g/mol. The first-order valence-electron chi connectivity index (χ1n) is 7.15. The van der Waals surface area contributed by atoms with Crippen LogP contribution >= 0.6 is 11.3 Å². The van der Waals surface area contributed by atoms with Crippen LogP contribution in [0.1, 0.15) is 5.01 Å². The van der Waals surface area contributed by atoms with E-state index in [0.717, 1.165) is 10.2 Å². The van der Waals surface area contributed by atoms with E-state index in [1.54, 1.807) is 0 Å². The molecule has 0 aliphatic rings. The number of ether oxygens (including phenoxy) is 2. The van der Waals surface area contributed by atoms with Gasteiger partial charge in [0.15, 0.2) is 0 Å². The molecule has 2 aromatic carbocycles. The summed E-state index contributed by atoms with van der Waals surface area (Å²) in [5.41, 5.74) is 0.493. The van der Waals surface area contributed by atoms with Gasteiger partial charge in [0.2, 0.25) is 5.75 Å². The number of esters is 1. The summed E-state index contributed by atoms with van der Waals surface area (Å²) < 4.78 is 11.0. The summed E-state index contributed by atoms with van der Waals surface area (Å²) in [5, 5.41) is 11.7. The number of methoxy groups -OCH3 is 1. The van der Waals surface area contributed by atoms with Gasteiger partial charge in [-0.2, -0.15) is 0 Å². The van der Waals surface area contributed by atoms with Gasteiger partial charge in [0.25, 0.3) is 0 Å². The van der Waals surface area contributed by atoms with Crippen LogP contribution in [0.15, 0.2) is 48.5 Å². The van der Waals surface area contributed by atoms with Gasteiger partial charge in [-0.05, 0) is 30.3 Å². The lowest BCUT2D eigenvalue weighted by atomic mass is 10.3. The molecule has 0 amide bonds. The van der Waals surface area contributed by atoms with E-state index in [9.17, 15) is 14.9 Å². The molecular formula is C17H12N2O5S. The van der Waals surface area contributed by atoms with Crippen molar-refractivity contribution in [2.75, 3.05) is 7.11 Å². The molecule has 0 N–H and O–H groups in total. The van der Waals surface area contributed by atoms with Gasteiger partial charge in [0.1, 0.15) is 10.8 Å². The number of nitrogens with zero attached hydrogens (tertiary/aromatic N) is 2. The van der Waals surface area contributed by atoms with Crippen LogP contribution in [0.4, 0.5) is 5.69 Å². The van der Waals surface area contributed by atoms with Crippen molar-refractivity contribution < 1.29 is 19.2 Å². The second-order valence-electron chi connectivity index (χ2n) is 4.87. The third kappa shape index (κ3) is 3.81. The Labute approximate surface area is 146 Å². The number of rotatable bonds is 5. The molecule has 0 unspecified atom stereocenters. The molecule has 7 nitrogen and oxygen atoms in total. The molecular weight excluding hydrogens is 344 g/mol. The van der Waals surface area contributed by atoms with Crippen LogP contribution in [0.25, 0.3) is 16.3 Å². The first-order valence-corrected chi connectivity index (χ1v) is 7.96. The number of fused-ring (bicyclic) bond motifs is 1. The molecule has 1 aromatic heterocycles. The van der Waals surface area contributed by atoms with Crippen LogP contribution in [0.5, 0.6) is 11.5 Å². The normalized spacial score (nSPS) is 10.9. The zero-order valence-electron chi connectivity index (χ0n) is 13.0. The van der Waals surface area contributed by atoms with Crippen molar-refractivity contribution in [3.05, 3.63) is 63.7 Å². The predicted octanol–water partition coefficient (Wildman–Crippen LogP) is 3.83. The third-order valence-electron chi connectivity index (χ3n) is 3.25. The zero-order valence-corrected chi connectivity index (χ0v) is 13.9. The van der Waals surface area contributed by atoms with Gasteiger partial charge in [-0.3, -0.25) is 10.1 Å². The summed E-state index contributed by atoms with van der Waals surface area (Å²) in [7, 11) is 1.39. The number of para-hydroxylation sites is 1. The summed E-state index contributed by atoms with van der Waals surface area (Å²) in [6, 6.07) is 11.6. The van der Waals surface area contributed by atoms with Gasteiger partial charge in [-0.15, -0.1) is 11.3 Å². The fourth-order valence-corrected chi connectivity index (χ4v) is 2.97. The summed E-state index contributed by atoms with van der Waals surface area (Å²) in [6.45, 7) is 0. The number of hydrogen-bond donors (Lipinski definition) is 0. The summed E-state index contributed by atoms with van der Waals surface area (Å²) >= 11 is 1.43. The Morgan fingerprint density at radius 1 is 1.28 bits per heavy atom. The van der Waals surface area contributed by atoms with Crippen LogP contribution in [0, 0.1) is 10.1 Å². The standard InChI is InChI=1S/C17H12N2O5S/c1-23-11-6-7-14(13(10-11)19(21)22)24-17(20)9-8-16-18-12-4-2-3-5-15(12)25-16/h2-10H,1H3. The minimum Gasteiger partial charge on any atom is -0.496 e. The second kappa shape index (κ2) is 7.10. The Kier molecular flexibility index (Phi) is 4.71. The lowest BCUT2D eigenvalue weighted by Gasteiger charge is -2.04. The molecule has 0 atom stereocenters. The lowest BCUT2D eigenvalue weighted by Crippen LogP contribution is -2.06. The second-order valence-corrected chi connectivity index (χ2v) is 5.93. The molecule has 0 spiro atoms. The van der Waals surface area contributed by atoms with Crippen molar-refractivity contribution in [1.82, 2.24) is 4.98 Å². The van der Waals surface area contributed by atoms with E-state index >= 15 is 0 Å². The van der Waals surface area contributed by atoms with Gasteiger partial charge in [-0.25, -0.2) is 9.78 Å². The minimum absolute atomic E-state index is 0.148. The quantitative estimate of drug-likeness (QED) is 0.227. The number of thiazole rings is 1. The average Bonchev–Trinajstić information content (AvgIpc) is 3.03. The van der Waals surface area contributed by atoms with E-state index in [0.29, 0.717) is 10.8 Å². The fourth-order valence-electron chi connectivity index (χ4n) is 2.10. The fraction of sp³-hybridized carbons (Fsp3) is 0.0588. The van der Waals surface area contributed by atoms with Gasteiger partial charge in [0, 0.05) is 6.08 Å². The number of nitro benzene ring substituents is 1. The molecule has 0 aliphatic carbocycles. The molecule has 1 heterocycles. The maximum absolute atomic E-state index is 11.9. The largest absolute Gasteiger partial charge is 0.496 e. The first-order chi connectivity index (χ1) is 12.1. The summed E-state index contributed by atoms with van der Waals surface area (Å²) in [5.74, 6) is -0.575. The first kappa shape index (κ1) is 16.6. The molecule has 8 heteroatoms. The molecule has 0 bridgehead atoms. The van der Waals surface area contributed by atoms with Gasteiger partial charge in [0.05, 0.1) is 28.3 Å². The Balaban J connectivity index is 1.77. The Hall–Kier alpha value is -3.26. The summed E-state index contributed by atoms with van der Waals surface area (Å²) in [6.07, 6.45) is 2.70. The zero-order chi connectivity index (χ0) is 17.8. The number of nitro groups is 1. The molecule has 0 radical (unpaired) electrons. The summed E-state index contributed by atoms with van der Waals surface area (Å²) in [4.78, 5) is 26.7. The Morgan fingerprint density at radius 2 is 2.08 bits per heavy atom. The highest BCUT2D eigenvalue weighted by atomic mass is 32.1. The van der Waals surface area contributed by atoms with E-state index in [-0.39, 0.29) is 11.4 Å². The van der Waals surface area contributed by atoms with Crippen molar-refractivity contribution in [2.24, 2.45) is 0 Å². The number of aromatic nitrogens is 1. The molecule has 0 saturated carbocycles. The SMILES string of the molecule is COc1ccc(OC(=O)C=Cc2nc3ccccc3s2)c([N+](=O)[O-])c1. The highest BCUT2D eigenvalue weighted by Gasteiger charge is 2.18. The predicted molar refractivity (Wildman–Crippen MR) is 93.9 cm³/mol. The Bertz CT molecular complexity index is 947. The molecule has 0 aliphatic heterocycles. The van der Waals surface area contributed by atoms with Gasteiger partial charge >= 0.3 is 11.7 Å². The maximum Gasteiger partial charge on any atom is 0.336 e. The molecule has 3 aromatic rings. The van der Waals surface area contributed by atoms with Crippen LogP contribution in [0.2, 0.25) is 0 Å². The minimum atomic E-state index is -0.729. The van der Waals surface area contributed by atoms with Crippen molar-refractivity contribution in [1.29, 1.82) is 0 Å². The van der Waals surface area contributed by atoms with Crippen LogP contribution in [-0.2, 0) is 4.79 Å². The molecule has 126 valence electrons. The van der Waals surface area contributed by atoms with Crippen LogP contribution in [-0.4, -0.2) is 23.0 Å². The van der Waals surface area contributed by atoms with Crippen molar-refractivity contribution in [3.8, 4) is 11.5 Å². The van der Waals surface area contributed by atoms with Crippen molar-refractivity contribution in [2.45, 2.75) is 0 Å².